The van der Waals surface area contributed by atoms with Crippen LogP contribution < -0.4 is 0 Å². The van der Waals surface area contributed by atoms with Crippen molar-refractivity contribution in [3.8, 4) is 6.07 Å². The van der Waals surface area contributed by atoms with Crippen LogP contribution in [0.1, 0.15) is 37.0 Å². The molecule has 6 nitrogen and oxygen atoms in total. The zero-order chi connectivity index (χ0) is 17.0. The summed E-state index contributed by atoms with van der Waals surface area (Å²) in [6.45, 7) is 5.80. The summed E-state index contributed by atoms with van der Waals surface area (Å²) in [6.07, 6.45) is 0. The number of hydrogen-bond acceptors (Lipinski definition) is 6. The Kier molecular flexibility index (Phi) is 4.92. The average Bonchev–Trinajstić information content (AvgIpc) is 2.99. The number of Topliss-reactive ketones (excluding diaryl/α,β-unsaturated/α-hetero) is 1. The summed E-state index contributed by atoms with van der Waals surface area (Å²) in [6, 6.07) is 8.64. The van der Waals surface area contributed by atoms with Crippen LogP contribution in [-0.4, -0.2) is 17.0 Å². The van der Waals surface area contributed by atoms with Gasteiger partial charge in [0.15, 0.2) is 5.69 Å². The molecule has 2 rings (SSSR count). The summed E-state index contributed by atoms with van der Waals surface area (Å²) in [5.41, 5.74) is 0.285. The van der Waals surface area contributed by atoms with Crippen molar-refractivity contribution in [2.24, 2.45) is 10.2 Å². The molecule has 0 radical (unpaired) electrons. The smallest absolute Gasteiger partial charge is 0.225 e. The minimum absolute atomic E-state index is 0.0662. The van der Waals surface area contributed by atoms with Gasteiger partial charge in [0.2, 0.25) is 11.8 Å². The van der Waals surface area contributed by atoms with Gasteiger partial charge < -0.3 is 4.52 Å². The second kappa shape index (κ2) is 6.71. The topological polar surface area (TPSA) is 91.6 Å². The van der Waals surface area contributed by atoms with Crippen LogP contribution in [0.15, 0.2) is 45.1 Å². The van der Waals surface area contributed by atoms with E-state index in [0.29, 0.717) is 16.5 Å². The molecule has 1 unspecified atom stereocenters. The second-order valence-electron chi connectivity index (χ2n) is 5.91. The Morgan fingerprint density at radius 1 is 1.35 bits per heavy atom. The summed E-state index contributed by atoms with van der Waals surface area (Å²) < 4.78 is 5.15. The van der Waals surface area contributed by atoms with Crippen LogP contribution >= 0.6 is 11.6 Å². The molecule has 0 saturated heterocycles. The first kappa shape index (κ1) is 16.8. The van der Waals surface area contributed by atoms with E-state index in [4.69, 9.17) is 21.4 Å². The van der Waals surface area contributed by atoms with E-state index in [1.807, 2.05) is 26.8 Å². The molecule has 0 aliphatic heterocycles. The number of nitriles is 1. The molecule has 0 aliphatic carbocycles. The van der Waals surface area contributed by atoms with Gasteiger partial charge in [0, 0.05) is 16.5 Å². The molecule has 2 aromatic rings. The Hall–Kier alpha value is -2.52. The molecule has 1 aromatic carbocycles. The molecule has 0 amide bonds. The summed E-state index contributed by atoms with van der Waals surface area (Å²) in [5.74, 6) is 0.0108. The highest BCUT2D eigenvalue weighted by atomic mass is 35.5. The average molecular weight is 331 g/mol. The van der Waals surface area contributed by atoms with Crippen molar-refractivity contribution in [3.05, 3.63) is 46.8 Å². The van der Waals surface area contributed by atoms with Gasteiger partial charge in [0.1, 0.15) is 11.8 Å². The SMILES string of the molecule is CC(C)(C)c1cc(C(=O)C(C#N)N=Nc2ccc(Cl)cc2)no1. The van der Waals surface area contributed by atoms with Crippen molar-refractivity contribution >= 4 is 23.1 Å². The number of benzene rings is 1. The van der Waals surface area contributed by atoms with E-state index in [1.54, 1.807) is 24.3 Å². The highest BCUT2D eigenvalue weighted by Crippen LogP contribution is 2.23. The first-order valence-electron chi connectivity index (χ1n) is 6.88. The predicted molar refractivity (Wildman–Crippen MR) is 84.9 cm³/mol. The lowest BCUT2D eigenvalue weighted by Crippen LogP contribution is -2.16. The van der Waals surface area contributed by atoms with Crippen molar-refractivity contribution in [2.45, 2.75) is 32.2 Å². The molecule has 0 saturated carbocycles. The van der Waals surface area contributed by atoms with Crippen LogP contribution in [0.2, 0.25) is 5.02 Å². The van der Waals surface area contributed by atoms with E-state index in [2.05, 4.69) is 15.4 Å². The molecule has 118 valence electrons. The summed E-state index contributed by atoms with van der Waals surface area (Å²) >= 11 is 5.77. The Morgan fingerprint density at radius 2 is 2.00 bits per heavy atom. The standard InChI is InChI=1S/C16H15ClN4O2/c1-16(2,3)14-8-12(21-23-14)15(22)13(9-18)20-19-11-6-4-10(17)5-7-11/h4-8,13H,1-3H3. The van der Waals surface area contributed by atoms with Crippen LogP contribution in [0, 0.1) is 11.3 Å². The number of nitrogens with zero attached hydrogens (tertiary/aromatic N) is 4. The number of rotatable bonds is 4. The molecule has 0 fully saturated rings. The summed E-state index contributed by atoms with van der Waals surface area (Å²) in [5, 5.41) is 21.1. The van der Waals surface area contributed by atoms with Gasteiger partial charge in [-0.2, -0.15) is 15.5 Å². The van der Waals surface area contributed by atoms with E-state index in [-0.39, 0.29) is 11.1 Å². The number of ketones is 1. The lowest BCUT2D eigenvalue weighted by Gasteiger charge is -2.12. The van der Waals surface area contributed by atoms with Crippen LogP contribution in [0.3, 0.4) is 0 Å². The number of aromatic nitrogens is 1. The number of carbonyl (C=O) groups excluding carboxylic acids is 1. The lowest BCUT2D eigenvalue weighted by atomic mass is 9.93. The zero-order valence-electron chi connectivity index (χ0n) is 12.9. The first-order valence-corrected chi connectivity index (χ1v) is 7.26. The summed E-state index contributed by atoms with van der Waals surface area (Å²) in [7, 11) is 0. The van der Waals surface area contributed by atoms with Crippen molar-refractivity contribution < 1.29 is 9.32 Å². The third kappa shape index (κ3) is 4.24. The Morgan fingerprint density at radius 3 is 2.52 bits per heavy atom. The largest absolute Gasteiger partial charge is 0.360 e. The normalized spacial score (nSPS) is 13.0. The molecular formula is C16H15ClN4O2. The molecule has 0 spiro atoms. The fourth-order valence-corrected chi connectivity index (χ4v) is 1.78. The molecule has 1 aromatic heterocycles. The highest BCUT2D eigenvalue weighted by molar-refractivity contribution is 6.30. The Labute approximate surface area is 138 Å². The molecule has 1 atom stereocenters. The maximum atomic E-state index is 12.3. The zero-order valence-corrected chi connectivity index (χ0v) is 13.7. The van der Waals surface area contributed by atoms with Crippen LogP contribution in [0.4, 0.5) is 5.69 Å². The molecule has 23 heavy (non-hydrogen) atoms. The van der Waals surface area contributed by atoms with Crippen molar-refractivity contribution in [2.75, 3.05) is 0 Å². The maximum absolute atomic E-state index is 12.3. The third-order valence-electron chi connectivity index (χ3n) is 2.99. The highest BCUT2D eigenvalue weighted by Gasteiger charge is 2.26. The van der Waals surface area contributed by atoms with E-state index >= 15 is 0 Å². The van der Waals surface area contributed by atoms with Crippen LogP contribution in [0.25, 0.3) is 0 Å². The lowest BCUT2D eigenvalue weighted by molar-refractivity contribution is 0.0970. The fraction of sp³-hybridized carbons (Fsp3) is 0.312. The van der Waals surface area contributed by atoms with Gasteiger partial charge in [0.25, 0.3) is 0 Å². The minimum Gasteiger partial charge on any atom is -0.360 e. The molecule has 0 N–H and O–H groups in total. The molecular weight excluding hydrogens is 316 g/mol. The van der Waals surface area contributed by atoms with Crippen LogP contribution in [0.5, 0.6) is 0 Å². The van der Waals surface area contributed by atoms with Gasteiger partial charge >= 0.3 is 0 Å². The Bertz CT molecular complexity index is 767. The minimum atomic E-state index is -1.27. The van der Waals surface area contributed by atoms with E-state index in [1.165, 1.54) is 6.07 Å². The van der Waals surface area contributed by atoms with Gasteiger partial charge in [-0.1, -0.05) is 37.5 Å². The van der Waals surface area contributed by atoms with Gasteiger partial charge in [-0.15, -0.1) is 0 Å². The monoisotopic (exact) mass is 330 g/mol. The van der Waals surface area contributed by atoms with Gasteiger partial charge in [-0.05, 0) is 24.3 Å². The number of azo groups is 1. The van der Waals surface area contributed by atoms with Crippen molar-refractivity contribution in [1.82, 2.24) is 5.16 Å². The number of hydrogen-bond donors (Lipinski definition) is 0. The van der Waals surface area contributed by atoms with Gasteiger partial charge in [0.05, 0.1) is 5.69 Å². The maximum Gasteiger partial charge on any atom is 0.225 e. The number of carbonyl (C=O) groups is 1. The first-order chi connectivity index (χ1) is 10.8. The van der Waals surface area contributed by atoms with Gasteiger partial charge in [-0.3, -0.25) is 4.79 Å². The van der Waals surface area contributed by atoms with Crippen molar-refractivity contribution in [3.63, 3.8) is 0 Å². The molecule has 1 heterocycles. The van der Waals surface area contributed by atoms with E-state index in [0.717, 1.165) is 0 Å². The van der Waals surface area contributed by atoms with Crippen molar-refractivity contribution in [1.29, 1.82) is 5.26 Å². The third-order valence-corrected chi connectivity index (χ3v) is 3.24. The van der Waals surface area contributed by atoms with Gasteiger partial charge in [-0.25, -0.2) is 0 Å². The van der Waals surface area contributed by atoms with Crippen LogP contribution in [-0.2, 0) is 5.41 Å². The van der Waals surface area contributed by atoms with E-state index in [9.17, 15) is 4.79 Å². The quantitative estimate of drug-likeness (QED) is 0.610. The molecule has 0 bridgehead atoms. The molecule has 0 aliphatic rings. The Balaban J connectivity index is 2.17. The molecule has 7 heteroatoms. The number of halogens is 1. The fourth-order valence-electron chi connectivity index (χ4n) is 1.65. The summed E-state index contributed by atoms with van der Waals surface area (Å²) in [4.78, 5) is 12.3. The van der Waals surface area contributed by atoms with E-state index < -0.39 is 11.8 Å². The predicted octanol–water partition coefficient (Wildman–Crippen LogP) is 4.48. The second-order valence-corrected chi connectivity index (χ2v) is 6.35.